The lowest BCUT2D eigenvalue weighted by Crippen LogP contribution is -2.37. The Morgan fingerprint density at radius 3 is 2.84 bits per heavy atom. The van der Waals surface area contributed by atoms with Crippen LogP contribution in [0.4, 0.5) is 0 Å². The highest BCUT2D eigenvalue weighted by atomic mass is 16.1. The van der Waals surface area contributed by atoms with Crippen molar-refractivity contribution >= 4 is 5.91 Å². The molecule has 1 aromatic heterocycles. The summed E-state index contributed by atoms with van der Waals surface area (Å²) in [4.78, 5) is 16.2. The van der Waals surface area contributed by atoms with E-state index in [2.05, 4.69) is 15.2 Å². The van der Waals surface area contributed by atoms with Crippen molar-refractivity contribution in [3.05, 3.63) is 17.2 Å². The number of piperidine rings is 1. The monoisotopic (exact) mass is 260 g/mol. The zero-order chi connectivity index (χ0) is 12.8. The molecule has 1 unspecified atom stereocenters. The fraction of sp³-hybridized carbons (Fsp3) is 0.714. The number of rotatable bonds is 2. The number of nitrogens with zero attached hydrogens (tertiary/aromatic N) is 2. The third kappa shape index (κ3) is 1.96. The minimum atomic E-state index is 0.194. The molecule has 102 valence electrons. The van der Waals surface area contributed by atoms with Crippen molar-refractivity contribution in [1.29, 1.82) is 0 Å². The Hall–Kier alpha value is -1.36. The molecule has 2 N–H and O–H groups in total. The van der Waals surface area contributed by atoms with Crippen molar-refractivity contribution in [1.82, 2.24) is 20.2 Å². The Morgan fingerprint density at radius 1 is 1.21 bits per heavy atom. The van der Waals surface area contributed by atoms with Crippen LogP contribution in [-0.4, -0.2) is 28.5 Å². The molecule has 3 aliphatic rings. The van der Waals surface area contributed by atoms with E-state index < -0.39 is 0 Å². The quantitative estimate of drug-likeness (QED) is 0.829. The minimum absolute atomic E-state index is 0.194. The van der Waals surface area contributed by atoms with Crippen LogP contribution in [0.15, 0.2) is 0 Å². The van der Waals surface area contributed by atoms with E-state index in [0.29, 0.717) is 18.4 Å². The largest absolute Gasteiger partial charge is 0.354 e. The predicted octanol–water partition coefficient (Wildman–Crippen LogP) is 0.857. The molecule has 0 bridgehead atoms. The number of amides is 1. The molecule has 0 spiro atoms. The average Bonchev–Trinajstić information content (AvgIpc) is 3.21. The first-order chi connectivity index (χ1) is 9.33. The lowest BCUT2D eigenvalue weighted by molar-refractivity contribution is -0.122. The maximum absolute atomic E-state index is 11.4. The molecule has 0 radical (unpaired) electrons. The van der Waals surface area contributed by atoms with E-state index in [-0.39, 0.29) is 5.91 Å². The molecule has 1 saturated carbocycles. The van der Waals surface area contributed by atoms with Crippen LogP contribution in [0.2, 0.25) is 0 Å². The van der Waals surface area contributed by atoms with Gasteiger partial charge in [-0.3, -0.25) is 4.79 Å². The molecular formula is C14H20N4O. The van der Waals surface area contributed by atoms with E-state index >= 15 is 0 Å². The Balaban J connectivity index is 1.72. The predicted molar refractivity (Wildman–Crippen MR) is 70.9 cm³/mol. The van der Waals surface area contributed by atoms with Gasteiger partial charge in [0.25, 0.3) is 0 Å². The van der Waals surface area contributed by atoms with E-state index in [1.807, 2.05) is 0 Å². The highest BCUT2D eigenvalue weighted by molar-refractivity contribution is 5.76. The first-order valence-electron chi connectivity index (χ1n) is 7.40. The third-order valence-electron chi connectivity index (χ3n) is 4.50. The number of aromatic nitrogens is 2. The Bertz CT molecular complexity index is 508. The van der Waals surface area contributed by atoms with Crippen molar-refractivity contribution in [2.75, 3.05) is 13.1 Å². The molecule has 3 heterocycles. The molecular weight excluding hydrogens is 240 g/mol. The van der Waals surface area contributed by atoms with Crippen molar-refractivity contribution < 1.29 is 4.79 Å². The zero-order valence-corrected chi connectivity index (χ0v) is 11.1. The molecule has 1 atom stereocenters. The summed E-state index contributed by atoms with van der Waals surface area (Å²) in [5, 5.41) is 6.42. The molecule has 1 saturated heterocycles. The molecule has 5 nitrogen and oxygen atoms in total. The average molecular weight is 260 g/mol. The van der Waals surface area contributed by atoms with Gasteiger partial charge in [-0.05, 0) is 19.3 Å². The summed E-state index contributed by atoms with van der Waals surface area (Å²) < 4.78 is 2.48. The summed E-state index contributed by atoms with van der Waals surface area (Å²) in [5.74, 6) is 2.15. The Kier molecular flexibility index (Phi) is 2.62. The van der Waals surface area contributed by atoms with Gasteiger partial charge in [0.2, 0.25) is 5.91 Å². The molecule has 2 aliphatic heterocycles. The normalized spacial score (nSPS) is 26.9. The fourth-order valence-corrected chi connectivity index (χ4v) is 3.33. The van der Waals surface area contributed by atoms with E-state index in [4.69, 9.17) is 4.98 Å². The van der Waals surface area contributed by atoms with Crippen molar-refractivity contribution in [3.8, 4) is 0 Å². The standard InChI is InChI=1S/C14H20N4O/c19-13-4-3-10(7-16-13)18-12-5-6-15-8-11(12)17-14(18)9-1-2-9/h9-10,15H,1-8H2,(H,16,19). The second kappa shape index (κ2) is 4.34. The number of fused-ring (bicyclic) bond motifs is 1. The highest BCUT2D eigenvalue weighted by Gasteiger charge is 2.35. The van der Waals surface area contributed by atoms with Gasteiger partial charge in [-0.1, -0.05) is 0 Å². The summed E-state index contributed by atoms with van der Waals surface area (Å²) in [6, 6.07) is 0.419. The highest BCUT2D eigenvalue weighted by Crippen LogP contribution is 2.42. The molecule has 5 heteroatoms. The van der Waals surface area contributed by atoms with Gasteiger partial charge in [-0.15, -0.1) is 0 Å². The SMILES string of the molecule is O=C1CCC(n2c(C3CC3)nc3c2CCNC3)CN1. The van der Waals surface area contributed by atoms with Gasteiger partial charge < -0.3 is 15.2 Å². The number of carbonyl (C=O) groups is 1. The van der Waals surface area contributed by atoms with Crippen LogP contribution in [0, 0.1) is 0 Å². The second-order valence-corrected chi connectivity index (χ2v) is 5.93. The number of imidazole rings is 1. The zero-order valence-electron chi connectivity index (χ0n) is 11.1. The fourth-order valence-electron chi connectivity index (χ4n) is 3.33. The lowest BCUT2D eigenvalue weighted by Gasteiger charge is -2.28. The summed E-state index contributed by atoms with van der Waals surface area (Å²) in [5.41, 5.74) is 2.66. The van der Waals surface area contributed by atoms with E-state index in [1.54, 1.807) is 0 Å². The van der Waals surface area contributed by atoms with Gasteiger partial charge >= 0.3 is 0 Å². The van der Waals surface area contributed by atoms with Gasteiger partial charge in [0.1, 0.15) is 5.82 Å². The first kappa shape index (κ1) is 11.5. The van der Waals surface area contributed by atoms with Crippen LogP contribution in [0.3, 0.4) is 0 Å². The van der Waals surface area contributed by atoms with Gasteiger partial charge in [0.15, 0.2) is 0 Å². The van der Waals surface area contributed by atoms with E-state index in [9.17, 15) is 4.79 Å². The molecule has 4 rings (SSSR count). The van der Waals surface area contributed by atoms with Gasteiger partial charge in [-0.25, -0.2) is 4.98 Å². The molecule has 19 heavy (non-hydrogen) atoms. The number of nitrogens with one attached hydrogen (secondary N) is 2. The van der Waals surface area contributed by atoms with Crippen LogP contribution >= 0.6 is 0 Å². The maximum Gasteiger partial charge on any atom is 0.220 e. The van der Waals surface area contributed by atoms with Crippen LogP contribution < -0.4 is 10.6 Å². The van der Waals surface area contributed by atoms with E-state index in [0.717, 1.165) is 32.5 Å². The van der Waals surface area contributed by atoms with Crippen LogP contribution in [0.1, 0.15) is 54.9 Å². The molecule has 1 amide bonds. The second-order valence-electron chi connectivity index (χ2n) is 5.93. The van der Waals surface area contributed by atoms with Crippen LogP contribution in [0.5, 0.6) is 0 Å². The number of carbonyl (C=O) groups excluding carboxylic acids is 1. The molecule has 0 aromatic carbocycles. The van der Waals surface area contributed by atoms with Gasteiger partial charge in [0.05, 0.1) is 11.7 Å². The van der Waals surface area contributed by atoms with Crippen LogP contribution in [-0.2, 0) is 17.8 Å². The lowest BCUT2D eigenvalue weighted by atomic mass is 10.0. The topological polar surface area (TPSA) is 59.0 Å². The van der Waals surface area contributed by atoms with Crippen molar-refractivity contribution in [3.63, 3.8) is 0 Å². The molecule has 1 aromatic rings. The van der Waals surface area contributed by atoms with Crippen molar-refractivity contribution in [2.24, 2.45) is 0 Å². The maximum atomic E-state index is 11.4. The van der Waals surface area contributed by atoms with Gasteiger partial charge in [-0.2, -0.15) is 0 Å². The van der Waals surface area contributed by atoms with Crippen LogP contribution in [0.25, 0.3) is 0 Å². The summed E-state index contributed by atoms with van der Waals surface area (Å²) >= 11 is 0. The number of hydrogen-bond acceptors (Lipinski definition) is 3. The Labute approximate surface area is 112 Å². The van der Waals surface area contributed by atoms with Gasteiger partial charge in [0, 0.05) is 44.1 Å². The van der Waals surface area contributed by atoms with E-state index in [1.165, 1.54) is 30.1 Å². The minimum Gasteiger partial charge on any atom is -0.354 e. The van der Waals surface area contributed by atoms with Crippen molar-refractivity contribution in [2.45, 2.75) is 50.6 Å². The Morgan fingerprint density at radius 2 is 2.11 bits per heavy atom. The third-order valence-corrected chi connectivity index (χ3v) is 4.50. The molecule has 2 fully saturated rings. The molecule has 1 aliphatic carbocycles. The summed E-state index contributed by atoms with van der Waals surface area (Å²) in [6.07, 6.45) is 5.24. The number of hydrogen-bond donors (Lipinski definition) is 2. The summed E-state index contributed by atoms with van der Waals surface area (Å²) in [7, 11) is 0. The smallest absolute Gasteiger partial charge is 0.220 e. The first-order valence-corrected chi connectivity index (χ1v) is 7.40. The summed E-state index contributed by atoms with van der Waals surface area (Å²) in [6.45, 7) is 2.72.